The molecule has 0 aromatic heterocycles. The van der Waals surface area contributed by atoms with Gasteiger partial charge in [-0.05, 0) is 109 Å². The van der Waals surface area contributed by atoms with Crippen molar-refractivity contribution >= 4 is 47.8 Å². The van der Waals surface area contributed by atoms with Gasteiger partial charge in [0, 0.05) is 25.4 Å². The average Bonchev–Trinajstić information content (AvgIpc) is 3.78. The number of carbonyl (C=O) groups excluding carboxylic acids is 7. The van der Waals surface area contributed by atoms with Crippen molar-refractivity contribution in [3.63, 3.8) is 0 Å². The van der Waals surface area contributed by atoms with E-state index < -0.39 is 83.3 Å². The summed E-state index contributed by atoms with van der Waals surface area (Å²) in [6, 6.07) is -4.79. The van der Waals surface area contributed by atoms with E-state index in [4.69, 9.17) is 23.7 Å². The molecule has 0 aromatic rings. The topological polar surface area (TPSA) is 282 Å². The van der Waals surface area contributed by atoms with E-state index in [0.29, 0.717) is 25.9 Å². The number of carboxylic acids is 1. The van der Waals surface area contributed by atoms with Crippen molar-refractivity contribution in [2.75, 3.05) is 53.7 Å². The van der Waals surface area contributed by atoms with Crippen molar-refractivity contribution in [3.05, 3.63) is 50.6 Å². The van der Waals surface area contributed by atoms with Crippen LogP contribution in [0.4, 0.5) is 9.59 Å². The molecule has 7 N–H and O–H groups in total. The quantitative estimate of drug-likeness (QED) is 0.0341. The first kappa shape index (κ1) is 70.5. The number of aliphatic carboxylic acids is 1. The van der Waals surface area contributed by atoms with Crippen LogP contribution < -0.4 is 34.1 Å². The zero-order valence-electron chi connectivity index (χ0n) is 48.5. The van der Waals surface area contributed by atoms with Crippen LogP contribution in [0.1, 0.15) is 121 Å². The number of likely N-dealkylation sites (tertiary alicyclic amines) is 2. The number of halogens is 1. The predicted molar refractivity (Wildman–Crippen MR) is 288 cm³/mol. The number of carboxylic acid groups (broad SMARTS) is 1. The third-order valence-corrected chi connectivity index (χ3v) is 14.2. The lowest BCUT2D eigenvalue weighted by molar-refractivity contribution is -0.409. The minimum Gasteiger partial charge on any atom is -1.00 e. The van der Waals surface area contributed by atoms with Crippen molar-refractivity contribution in [3.8, 4) is 0 Å². The fourth-order valence-corrected chi connectivity index (χ4v) is 10.0. The Morgan fingerprint density at radius 1 is 0.615 bits per heavy atom. The van der Waals surface area contributed by atoms with Gasteiger partial charge in [0.05, 0.1) is 40.6 Å². The molecule has 4 aliphatic rings. The van der Waals surface area contributed by atoms with Crippen molar-refractivity contribution in [2.24, 2.45) is 34.5 Å². The number of amides is 5. The molecular formula is C56H93ClN6O15. The third kappa shape index (κ3) is 21.3. The molecule has 0 bridgehead atoms. The number of alkyl carbamates (subject to hydrolysis) is 2. The summed E-state index contributed by atoms with van der Waals surface area (Å²) in [6.07, 6.45) is 11.9. The van der Waals surface area contributed by atoms with Gasteiger partial charge in [0.1, 0.15) is 41.4 Å². The predicted octanol–water partition coefficient (Wildman–Crippen LogP) is 2.14. The Morgan fingerprint density at radius 3 is 1.38 bits per heavy atom. The van der Waals surface area contributed by atoms with Crippen LogP contribution in [0.25, 0.3) is 0 Å². The minimum absolute atomic E-state index is 0. The number of methoxy groups -OCH3 is 2. The number of nitrogens with one attached hydrogen (secondary N) is 3. The summed E-state index contributed by atoms with van der Waals surface area (Å²) in [5, 5.41) is 17.6. The first-order valence-corrected chi connectivity index (χ1v) is 26.6. The highest BCUT2D eigenvalue weighted by Crippen LogP contribution is 2.65. The highest BCUT2D eigenvalue weighted by atomic mass is 35.5. The molecule has 2 aliphatic carbocycles. The zero-order valence-corrected chi connectivity index (χ0v) is 49.2. The molecule has 0 spiro atoms. The third-order valence-electron chi connectivity index (χ3n) is 14.2. The fourth-order valence-electron chi connectivity index (χ4n) is 10.0. The molecule has 2 saturated heterocycles. The largest absolute Gasteiger partial charge is 1.00 e. The first-order chi connectivity index (χ1) is 35.9. The highest BCUT2D eigenvalue weighted by Gasteiger charge is 2.71. The van der Waals surface area contributed by atoms with Crippen LogP contribution in [0.2, 0.25) is 0 Å². The summed E-state index contributed by atoms with van der Waals surface area (Å²) in [6.45, 7) is 33.9. The molecule has 0 radical (unpaired) electrons. The van der Waals surface area contributed by atoms with Crippen LogP contribution in [-0.2, 0) is 57.2 Å². The Bertz CT molecular complexity index is 2070. The van der Waals surface area contributed by atoms with Crippen LogP contribution in [0.15, 0.2) is 50.6 Å². The van der Waals surface area contributed by atoms with Gasteiger partial charge in [-0.3, -0.25) is 14.4 Å². The summed E-state index contributed by atoms with van der Waals surface area (Å²) in [5.41, 5.74) is 2.01. The minimum atomic E-state index is -1.06. The molecule has 0 unspecified atom stereocenters. The molecule has 4 rings (SSSR count). The number of rotatable bonds is 27. The van der Waals surface area contributed by atoms with E-state index >= 15 is 0 Å². The second kappa shape index (κ2) is 31.9. The van der Waals surface area contributed by atoms with E-state index in [1.54, 1.807) is 47.6 Å². The van der Waals surface area contributed by atoms with E-state index in [-0.39, 0.29) is 85.3 Å². The SMILES string of the molecule is C=CCCCC[C@H](NC(=O)[C@@H]1[C@@H]2[C@H](CN1C(=O)[C@H](COCC=C)NC(=O)OC(C)(C)C)C2(C)C)C(=O)OC.C=CCCCC[C@H]([NH3+])C(=O)OC.C=CCOC[C@H](NC(=O)OC(C)(C)C)C(=O)N1C[C@H]2[C@@H]([C@H]1C(=O)O)C2(C)C.[Cl-]. The van der Waals surface area contributed by atoms with Gasteiger partial charge in [-0.25, -0.2) is 24.0 Å². The van der Waals surface area contributed by atoms with Crippen molar-refractivity contribution in [1.82, 2.24) is 25.8 Å². The number of carbonyl (C=O) groups is 8. The molecule has 22 heteroatoms. The normalized spacial score (nSPS) is 22.3. The summed E-state index contributed by atoms with van der Waals surface area (Å²) in [7, 11) is 2.68. The second-order valence-corrected chi connectivity index (χ2v) is 23.1. The monoisotopic (exact) mass is 1120 g/mol. The van der Waals surface area contributed by atoms with E-state index in [1.807, 2.05) is 26.0 Å². The van der Waals surface area contributed by atoms with Crippen LogP contribution in [-0.4, -0.2) is 164 Å². The molecule has 0 aromatic carbocycles. The van der Waals surface area contributed by atoms with Gasteiger partial charge in [0.25, 0.3) is 0 Å². The Hall–Kier alpha value is -5.51. The van der Waals surface area contributed by atoms with Crippen LogP contribution in [0.3, 0.4) is 0 Å². The van der Waals surface area contributed by atoms with Crippen molar-refractivity contribution in [2.45, 2.75) is 168 Å². The molecule has 78 heavy (non-hydrogen) atoms. The van der Waals surface area contributed by atoms with Gasteiger partial charge in [-0.15, -0.1) is 26.3 Å². The maximum absolute atomic E-state index is 13.7. The number of unbranched alkanes of at least 4 members (excludes halogenated alkanes) is 4. The van der Waals surface area contributed by atoms with E-state index in [1.165, 1.54) is 30.1 Å². The lowest BCUT2D eigenvalue weighted by atomic mass is 9.99. The number of ether oxygens (including phenoxy) is 6. The second-order valence-electron chi connectivity index (χ2n) is 23.1. The summed E-state index contributed by atoms with van der Waals surface area (Å²) >= 11 is 0. The van der Waals surface area contributed by atoms with E-state index in [0.717, 1.165) is 38.5 Å². The van der Waals surface area contributed by atoms with Crippen LogP contribution in [0.5, 0.6) is 0 Å². The molecule has 444 valence electrons. The lowest BCUT2D eigenvalue weighted by Gasteiger charge is -2.33. The number of quaternary nitrogens is 1. The van der Waals surface area contributed by atoms with E-state index in [9.17, 15) is 43.5 Å². The highest BCUT2D eigenvalue weighted by molar-refractivity contribution is 5.95. The number of allylic oxidation sites excluding steroid dienone is 2. The van der Waals surface area contributed by atoms with Gasteiger partial charge in [-0.1, -0.05) is 58.4 Å². The average molecular weight is 1130 g/mol. The van der Waals surface area contributed by atoms with Gasteiger partial charge in [0.2, 0.25) is 17.7 Å². The maximum Gasteiger partial charge on any atom is 0.408 e. The Morgan fingerprint density at radius 2 is 1.01 bits per heavy atom. The fraction of sp³-hybridized carbons (Fsp3) is 0.714. The number of piperidine rings is 2. The first-order valence-electron chi connectivity index (χ1n) is 26.6. The number of fused-ring (bicyclic) bond motifs is 2. The van der Waals surface area contributed by atoms with Crippen LogP contribution >= 0.6 is 0 Å². The number of hydrogen-bond acceptors (Lipinski definition) is 14. The molecule has 2 aliphatic heterocycles. The molecule has 10 atom stereocenters. The smallest absolute Gasteiger partial charge is 0.408 e. The zero-order chi connectivity index (χ0) is 58.6. The van der Waals surface area contributed by atoms with Crippen molar-refractivity contribution < 1.29 is 90.0 Å². The van der Waals surface area contributed by atoms with Gasteiger partial charge in [-0.2, -0.15) is 0 Å². The van der Waals surface area contributed by atoms with Crippen molar-refractivity contribution in [1.29, 1.82) is 0 Å². The number of esters is 2. The Kier molecular flexibility index (Phi) is 28.9. The molecular weight excluding hydrogens is 1030 g/mol. The molecule has 21 nitrogen and oxygen atoms in total. The van der Waals surface area contributed by atoms with Crippen LogP contribution in [0, 0.1) is 34.5 Å². The molecule has 2 saturated carbocycles. The van der Waals surface area contributed by atoms with Gasteiger partial charge in [0.15, 0.2) is 6.04 Å². The van der Waals surface area contributed by atoms with E-state index in [2.05, 4.69) is 66.6 Å². The molecule has 2 heterocycles. The number of hydrogen-bond donors (Lipinski definition) is 5. The Labute approximate surface area is 468 Å². The molecule has 4 fully saturated rings. The summed E-state index contributed by atoms with van der Waals surface area (Å²) in [4.78, 5) is 103. The maximum atomic E-state index is 13.7. The lowest BCUT2D eigenvalue weighted by Crippen LogP contribution is -3.00. The Balaban J connectivity index is 0.000000659. The molecule has 5 amide bonds. The summed E-state index contributed by atoms with van der Waals surface area (Å²) < 4.78 is 30.9. The van der Waals surface area contributed by atoms with Gasteiger partial charge >= 0.3 is 30.1 Å². The summed E-state index contributed by atoms with van der Waals surface area (Å²) in [5.74, 6) is -2.94. The standard InChI is InChI=1S/C28H45N3O7.C19H30N2O6.C9H17NO2.ClH/c1-9-11-12-13-14-19(25(34)36-8)29-23(32)22-21-18(28(21,6)7)16-31(22)24(33)20(17-37-15-10-2)30-26(35)38-27(3,4)5;1-7-8-26-10-12(20-17(25)27-18(2,3)4)15(22)21-9-11-13(19(11,5)6)14(21)16(23)24;1-3-4-5-6-7-8(10)9(11)12-2;/h9-10,18-22H,1-2,11-17H2,3-8H3,(H,29,32)(H,30,35);7,11-14H,1,8-10H2,2-6H3,(H,20,25)(H,23,24);3,8H,1,4-7,10H2,2H3;1H/t18-,19-,20-,21-,22-;11-,12-,13-,14-;8-;/m000./s1. The van der Waals surface area contributed by atoms with Gasteiger partial charge < -0.3 is 77.4 Å². The number of nitrogens with zero attached hydrogens (tertiary/aromatic N) is 2.